The van der Waals surface area contributed by atoms with E-state index in [1.165, 1.54) is 11.7 Å². The van der Waals surface area contributed by atoms with E-state index in [-0.39, 0.29) is 11.8 Å². The molecule has 146 valence electrons. The number of hydrogen-bond donors (Lipinski definition) is 2. The van der Waals surface area contributed by atoms with E-state index in [2.05, 4.69) is 20.9 Å². The molecule has 1 amide bonds. The van der Waals surface area contributed by atoms with Crippen LogP contribution in [0, 0.1) is 19.7 Å². The predicted octanol–water partition coefficient (Wildman–Crippen LogP) is 2.43. The molecular formula is C19H20FN5O3. The summed E-state index contributed by atoms with van der Waals surface area (Å²) in [5.41, 5.74) is 2.64. The molecule has 0 bridgehead atoms. The number of hydrogen-bond acceptors (Lipinski definition) is 6. The van der Waals surface area contributed by atoms with E-state index in [0.29, 0.717) is 17.2 Å². The molecule has 0 atom stereocenters. The Morgan fingerprint density at radius 3 is 2.75 bits per heavy atom. The van der Waals surface area contributed by atoms with E-state index >= 15 is 0 Å². The lowest BCUT2D eigenvalue weighted by Gasteiger charge is -2.29. The molecule has 1 saturated heterocycles. The van der Waals surface area contributed by atoms with Crippen LogP contribution in [0.4, 0.5) is 10.1 Å². The number of anilines is 1. The Hall–Kier alpha value is -3.20. The molecule has 0 radical (unpaired) electrons. The number of ether oxygens (including phenoxy) is 1. The lowest BCUT2D eigenvalue weighted by molar-refractivity contribution is 0.101. The molecule has 1 aliphatic rings. The number of halogens is 1. The van der Waals surface area contributed by atoms with E-state index in [4.69, 9.17) is 9.26 Å². The van der Waals surface area contributed by atoms with Crippen LogP contribution >= 0.6 is 0 Å². The number of carbonyl (C=O) groups is 1. The zero-order chi connectivity index (χ0) is 19.8. The minimum atomic E-state index is -0.677. The number of carbonyl (C=O) groups excluding carboxylic acids is 1. The predicted molar refractivity (Wildman–Crippen MR) is 99.8 cm³/mol. The molecule has 2 N–H and O–H groups in total. The van der Waals surface area contributed by atoms with E-state index in [0.717, 1.165) is 36.1 Å². The zero-order valence-electron chi connectivity index (χ0n) is 15.7. The number of amides is 1. The summed E-state index contributed by atoms with van der Waals surface area (Å²) in [6.07, 6.45) is 1.09. The lowest BCUT2D eigenvalue weighted by atomic mass is 10.0. The van der Waals surface area contributed by atoms with Gasteiger partial charge in [-0.1, -0.05) is 5.16 Å². The third kappa shape index (κ3) is 3.24. The molecular weight excluding hydrogens is 365 g/mol. The third-order valence-electron chi connectivity index (χ3n) is 4.69. The minimum absolute atomic E-state index is 0.0863. The van der Waals surface area contributed by atoms with Gasteiger partial charge in [-0.3, -0.25) is 9.48 Å². The second-order valence-corrected chi connectivity index (χ2v) is 6.73. The van der Waals surface area contributed by atoms with Crippen LogP contribution in [-0.4, -0.2) is 40.0 Å². The number of nitrogens with one attached hydrogen (secondary N) is 2. The van der Waals surface area contributed by atoms with Crippen LogP contribution in [0.5, 0.6) is 5.75 Å². The molecule has 0 spiro atoms. The van der Waals surface area contributed by atoms with Crippen molar-refractivity contribution in [2.45, 2.75) is 20.0 Å². The van der Waals surface area contributed by atoms with Crippen LogP contribution in [0.1, 0.15) is 21.9 Å². The summed E-state index contributed by atoms with van der Waals surface area (Å²) >= 11 is 0. The maximum absolute atomic E-state index is 13.8. The molecule has 0 unspecified atom stereocenters. The van der Waals surface area contributed by atoms with E-state index in [1.54, 1.807) is 18.2 Å². The third-order valence-corrected chi connectivity index (χ3v) is 4.69. The average molecular weight is 385 g/mol. The zero-order valence-corrected chi connectivity index (χ0v) is 15.7. The van der Waals surface area contributed by atoms with Crippen LogP contribution in [0.2, 0.25) is 0 Å². The fourth-order valence-corrected chi connectivity index (χ4v) is 3.15. The highest BCUT2D eigenvalue weighted by atomic mass is 19.1. The van der Waals surface area contributed by atoms with Gasteiger partial charge in [-0.15, -0.1) is 0 Å². The Morgan fingerprint density at radius 1 is 1.39 bits per heavy atom. The molecule has 28 heavy (non-hydrogen) atoms. The molecule has 8 nitrogen and oxygen atoms in total. The molecule has 9 heteroatoms. The normalized spacial score (nSPS) is 14.0. The Balaban J connectivity index is 1.69. The Labute approximate surface area is 160 Å². The first-order chi connectivity index (χ1) is 13.4. The van der Waals surface area contributed by atoms with Gasteiger partial charge in [0.05, 0.1) is 17.5 Å². The first-order valence-electron chi connectivity index (χ1n) is 8.87. The SMILES string of the molecule is Cc1noc(C)c1-c1cc(NC(=O)c2c(F)cnn2C)ccc1OC1CNC1. The number of rotatable bonds is 5. The van der Waals surface area contributed by atoms with Crippen molar-refractivity contribution in [3.8, 4) is 16.9 Å². The summed E-state index contributed by atoms with van der Waals surface area (Å²) in [6.45, 7) is 5.22. The second kappa shape index (κ2) is 7.08. The maximum Gasteiger partial charge on any atom is 0.276 e. The summed E-state index contributed by atoms with van der Waals surface area (Å²) in [6, 6.07) is 5.28. The quantitative estimate of drug-likeness (QED) is 0.701. The Bertz CT molecular complexity index is 999. The number of aryl methyl sites for hydroxylation is 3. The number of aromatic nitrogens is 3. The van der Waals surface area contributed by atoms with Gasteiger partial charge in [0.15, 0.2) is 11.5 Å². The molecule has 4 rings (SSSR count). The fourth-order valence-electron chi connectivity index (χ4n) is 3.15. The van der Waals surface area contributed by atoms with Crippen LogP contribution in [0.15, 0.2) is 28.9 Å². The highest BCUT2D eigenvalue weighted by Gasteiger charge is 2.24. The fraction of sp³-hybridized carbons (Fsp3) is 0.316. The van der Waals surface area contributed by atoms with Crippen molar-refractivity contribution in [2.24, 2.45) is 7.05 Å². The van der Waals surface area contributed by atoms with Crippen LogP contribution in [0.25, 0.3) is 11.1 Å². The monoisotopic (exact) mass is 385 g/mol. The van der Waals surface area contributed by atoms with Gasteiger partial charge in [-0.25, -0.2) is 4.39 Å². The van der Waals surface area contributed by atoms with Crippen LogP contribution in [0.3, 0.4) is 0 Å². The van der Waals surface area contributed by atoms with Gasteiger partial charge >= 0.3 is 0 Å². The first kappa shape index (κ1) is 18.2. The summed E-state index contributed by atoms with van der Waals surface area (Å²) in [5.74, 6) is 0.0586. The van der Waals surface area contributed by atoms with Gasteiger partial charge in [0.2, 0.25) is 0 Å². The van der Waals surface area contributed by atoms with Gasteiger partial charge < -0.3 is 19.9 Å². The summed E-state index contributed by atoms with van der Waals surface area (Å²) in [4.78, 5) is 12.5. The second-order valence-electron chi connectivity index (χ2n) is 6.73. The molecule has 1 aliphatic heterocycles. The van der Waals surface area contributed by atoms with E-state index < -0.39 is 11.7 Å². The van der Waals surface area contributed by atoms with Crippen molar-refractivity contribution in [1.29, 1.82) is 0 Å². The van der Waals surface area contributed by atoms with Crippen molar-refractivity contribution < 1.29 is 18.4 Å². The van der Waals surface area contributed by atoms with Crippen molar-refractivity contribution in [3.05, 3.63) is 47.4 Å². The smallest absolute Gasteiger partial charge is 0.276 e. The van der Waals surface area contributed by atoms with Gasteiger partial charge in [0, 0.05) is 31.4 Å². The molecule has 1 fully saturated rings. The highest BCUT2D eigenvalue weighted by Crippen LogP contribution is 2.37. The molecule has 1 aromatic carbocycles. The van der Waals surface area contributed by atoms with Crippen molar-refractivity contribution in [3.63, 3.8) is 0 Å². The van der Waals surface area contributed by atoms with Gasteiger partial charge in [0.25, 0.3) is 5.91 Å². The van der Waals surface area contributed by atoms with Crippen LogP contribution in [-0.2, 0) is 7.05 Å². The summed E-state index contributed by atoms with van der Waals surface area (Å²) in [7, 11) is 1.51. The summed E-state index contributed by atoms with van der Waals surface area (Å²) in [5, 5.41) is 13.6. The topological polar surface area (TPSA) is 94.2 Å². The van der Waals surface area contributed by atoms with Crippen molar-refractivity contribution >= 4 is 11.6 Å². The van der Waals surface area contributed by atoms with Gasteiger partial charge in [0.1, 0.15) is 17.6 Å². The Morgan fingerprint density at radius 2 is 2.18 bits per heavy atom. The van der Waals surface area contributed by atoms with Gasteiger partial charge in [-0.2, -0.15) is 5.10 Å². The molecule has 2 aromatic heterocycles. The van der Waals surface area contributed by atoms with E-state index in [1.807, 2.05) is 13.8 Å². The molecule has 3 aromatic rings. The van der Waals surface area contributed by atoms with Crippen molar-refractivity contribution in [2.75, 3.05) is 18.4 Å². The standard InChI is InChI=1S/C19H20FN5O3/c1-10-17(11(2)28-24-10)14-6-12(4-5-16(14)27-13-7-21-8-13)23-19(26)18-15(20)9-22-25(18)3/h4-6,9,13,21H,7-8H2,1-3H3,(H,23,26). The van der Waals surface area contributed by atoms with Crippen LogP contribution < -0.4 is 15.4 Å². The molecule has 0 aliphatic carbocycles. The lowest BCUT2D eigenvalue weighted by Crippen LogP contribution is -2.50. The minimum Gasteiger partial charge on any atom is -0.487 e. The van der Waals surface area contributed by atoms with Gasteiger partial charge in [-0.05, 0) is 32.0 Å². The molecule has 3 heterocycles. The maximum atomic E-state index is 13.8. The average Bonchev–Trinajstić information content (AvgIpc) is 3.13. The first-order valence-corrected chi connectivity index (χ1v) is 8.87. The molecule has 0 saturated carbocycles. The van der Waals surface area contributed by atoms with E-state index in [9.17, 15) is 9.18 Å². The largest absolute Gasteiger partial charge is 0.487 e. The summed E-state index contributed by atoms with van der Waals surface area (Å²) < 4.78 is 26.4. The number of benzene rings is 1. The highest BCUT2D eigenvalue weighted by molar-refractivity contribution is 6.03. The number of nitrogens with zero attached hydrogens (tertiary/aromatic N) is 3. The van der Waals surface area contributed by atoms with Crippen molar-refractivity contribution in [1.82, 2.24) is 20.3 Å². The Kier molecular flexibility index (Phi) is 4.60.